The Morgan fingerprint density at radius 3 is 2.81 bits per heavy atom. The van der Waals surface area contributed by atoms with E-state index >= 15 is 0 Å². The van der Waals surface area contributed by atoms with E-state index < -0.39 is 0 Å². The fraction of sp³-hybridized carbons (Fsp3) is 0.308. The average Bonchev–Trinajstić information content (AvgIpc) is 2.23. The van der Waals surface area contributed by atoms with E-state index in [1.54, 1.807) is 0 Å². The van der Waals surface area contributed by atoms with E-state index in [2.05, 4.69) is 16.6 Å². The Bertz CT molecular complexity index is 418. The number of carbonyl (C=O) groups is 1. The molecule has 3 heteroatoms. The van der Waals surface area contributed by atoms with Crippen LogP contribution in [0.15, 0.2) is 18.2 Å². The average molecular weight is 216 g/mol. The summed E-state index contributed by atoms with van der Waals surface area (Å²) in [5.41, 5.74) is 3.09. The molecule has 2 N–H and O–H groups in total. The summed E-state index contributed by atoms with van der Waals surface area (Å²) in [5.74, 6) is 2.33. The first-order valence-corrected chi connectivity index (χ1v) is 5.15. The van der Waals surface area contributed by atoms with Crippen LogP contribution in [0.5, 0.6) is 0 Å². The lowest BCUT2D eigenvalue weighted by molar-refractivity contribution is -0.115. The Morgan fingerprint density at radius 2 is 2.19 bits per heavy atom. The predicted octanol–water partition coefficient (Wildman–Crippen LogP) is 1.46. The molecule has 0 aromatic heterocycles. The van der Waals surface area contributed by atoms with Crippen molar-refractivity contribution in [2.24, 2.45) is 0 Å². The minimum absolute atomic E-state index is 0.0813. The van der Waals surface area contributed by atoms with Crippen LogP contribution in [-0.4, -0.2) is 19.0 Å². The molecule has 0 heterocycles. The molecule has 0 saturated carbocycles. The van der Waals surface area contributed by atoms with E-state index in [4.69, 9.17) is 6.42 Å². The van der Waals surface area contributed by atoms with Gasteiger partial charge in [0.1, 0.15) is 0 Å². The Balaban J connectivity index is 2.53. The Morgan fingerprint density at radius 1 is 1.44 bits per heavy atom. The fourth-order valence-corrected chi connectivity index (χ4v) is 1.40. The lowest BCUT2D eigenvalue weighted by Crippen LogP contribution is -2.28. The van der Waals surface area contributed by atoms with Crippen molar-refractivity contribution in [3.05, 3.63) is 29.3 Å². The summed E-state index contributed by atoms with van der Waals surface area (Å²) in [7, 11) is 0. The molecule has 0 saturated heterocycles. The topological polar surface area (TPSA) is 41.1 Å². The van der Waals surface area contributed by atoms with Gasteiger partial charge in [-0.3, -0.25) is 10.1 Å². The van der Waals surface area contributed by atoms with Crippen molar-refractivity contribution in [1.82, 2.24) is 5.32 Å². The second-order valence-electron chi connectivity index (χ2n) is 3.67. The van der Waals surface area contributed by atoms with E-state index in [1.165, 1.54) is 5.56 Å². The number of terminal acetylenes is 1. The van der Waals surface area contributed by atoms with Crippen LogP contribution in [0, 0.1) is 26.2 Å². The molecule has 0 radical (unpaired) electrons. The summed E-state index contributed by atoms with van der Waals surface area (Å²) >= 11 is 0. The zero-order valence-corrected chi connectivity index (χ0v) is 9.63. The Hall–Kier alpha value is -1.79. The number of nitrogens with one attached hydrogen (secondary N) is 2. The zero-order chi connectivity index (χ0) is 12.0. The lowest BCUT2D eigenvalue weighted by Gasteiger charge is -2.09. The number of aryl methyl sites for hydroxylation is 2. The fourth-order valence-electron chi connectivity index (χ4n) is 1.40. The largest absolute Gasteiger partial charge is 0.325 e. The van der Waals surface area contributed by atoms with Crippen molar-refractivity contribution in [2.75, 3.05) is 18.4 Å². The Kier molecular flexibility index (Phi) is 4.56. The van der Waals surface area contributed by atoms with Gasteiger partial charge in [0.05, 0.1) is 13.1 Å². The van der Waals surface area contributed by atoms with Crippen molar-refractivity contribution < 1.29 is 4.79 Å². The second kappa shape index (κ2) is 5.94. The van der Waals surface area contributed by atoms with Crippen LogP contribution >= 0.6 is 0 Å². The molecule has 1 aromatic carbocycles. The van der Waals surface area contributed by atoms with Crippen LogP contribution < -0.4 is 10.6 Å². The van der Waals surface area contributed by atoms with Gasteiger partial charge in [-0.2, -0.15) is 0 Å². The van der Waals surface area contributed by atoms with E-state index in [0.717, 1.165) is 11.3 Å². The van der Waals surface area contributed by atoms with Crippen LogP contribution in [0.4, 0.5) is 5.69 Å². The molecule has 84 valence electrons. The minimum atomic E-state index is -0.0813. The molecule has 1 rings (SSSR count). The van der Waals surface area contributed by atoms with Crippen molar-refractivity contribution in [1.29, 1.82) is 0 Å². The van der Waals surface area contributed by atoms with E-state index in [-0.39, 0.29) is 12.5 Å². The SMILES string of the molecule is C#CCNCC(=O)Nc1ccc(C)cc1C. The third kappa shape index (κ3) is 3.76. The first kappa shape index (κ1) is 12.3. The maximum atomic E-state index is 11.5. The Labute approximate surface area is 96.2 Å². The highest BCUT2D eigenvalue weighted by atomic mass is 16.1. The predicted molar refractivity (Wildman–Crippen MR) is 66.2 cm³/mol. The van der Waals surface area contributed by atoms with Gasteiger partial charge in [-0.1, -0.05) is 23.6 Å². The van der Waals surface area contributed by atoms with Gasteiger partial charge in [0.25, 0.3) is 0 Å². The standard InChI is InChI=1S/C13H16N2O/c1-4-7-14-9-13(16)15-12-6-5-10(2)8-11(12)3/h1,5-6,8,14H,7,9H2,2-3H3,(H,15,16). The number of carbonyl (C=O) groups excluding carboxylic acids is 1. The highest BCUT2D eigenvalue weighted by molar-refractivity contribution is 5.92. The highest BCUT2D eigenvalue weighted by Crippen LogP contribution is 2.15. The summed E-state index contributed by atoms with van der Waals surface area (Å²) in [6, 6.07) is 5.91. The van der Waals surface area contributed by atoms with E-state index in [9.17, 15) is 4.79 Å². The van der Waals surface area contributed by atoms with Gasteiger partial charge < -0.3 is 5.32 Å². The normalized spacial score (nSPS) is 9.56. The van der Waals surface area contributed by atoms with Crippen LogP contribution in [0.25, 0.3) is 0 Å². The quantitative estimate of drug-likeness (QED) is 0.591. The summed E-state index contributed by atoms with van der Waals surface area (Å²) in [4.78, 5) is 11.5. The monoisotopic (exact) mass is 216 g/mol. The van der Waals surface area contributed by atoms with Gasteiger partial charge in [-0.25, -0.2) is 0 Å². The molecule has 0 atom stereocenters. The summed E-state index contributed by atoms with van der Waals surface area (Å²) in [6.45, 7) is 4.63. The van der Waals surface area contributed by atoms with Crippen LogP contribution in [-0.2, 0) is 4.79 Å². The van der Waals surface area contributed by atoms with Crippen molar-refractivity contribution >= 4 is 11.6 Å². The molecule has 1 aromatic rings. The van der Waals surface area contributed by atoms with Crippen molar-refractivity contribution in [2.45, 2.75) is 13.8 Å². The first-order valence-electron chi connectivity index (χ1n) is 5.15. The molecule has 0 fully saturated rings. The number of rotatable bonds is 4. The van der Waals surface area contributed by atoms with Gasteiger partial charge >= 0.3 is 0 Å². The zero-order valence-electron chi connectivity index (χ0n) is 9.63. The third-order valence-corrected chi connectivity index (χ3v) is 2.17. The highest BCUT2D eigenvalue weighted by Gasteiger charge is 2.03. The number of amides is 1. The number of hydrogen-bond acceptors (Lipinski definition) is 2. The van der Waals surface area contributed by atoms with E-state index in [0.29, 0.717) is 6.54 Å². The van der Waals surface area contributed by atoms with Gasteiger partial charge in [-0.15, -0.1) is 6.42 Å². The molecule has 16 heavy (non-hydrogen) atoms. The molecule has 3 nitrogen and oxygen atoms in total. The lowest BCUT2D eigenvalue weighted by atomic mass is 10.1. The number of anilines is 1. The molecule has 0 bridgehead atoms. The molecular weight excluding hydrogens is 200 g/mol. The molecule has 0 unspecified atom stereocenters. The second-order valence-corrected chi connectivity index (χ2v) is 3.67. The smallest absolute Gasteiger partial charge is 0.238 e. The third-order valence-electron chi connectivity index (χ3n) is 2.17. The van der Waals surface area contributed by atoms with Gasteiger partial charge in [-0.05, 0) is 25.5 Å². The summed E-state index contributed by atoms with van der Waals surface area (Å²) in [6.07, 6.45) is 5.06. The maximum Gasteiger partial charge on any atom is 0.238 e. The molecule has 0 aliphatic carbocycles. The number of benzene rings is 1. The van der Waals surface area contributed by atoms with Gasteiger partial charge in [0.2, 0.25) is 5.91 Å². The van der Waals surface area contributed by atoms with Crippen molar-refractivity contribution in [3.63, 3.8) is 0 Å². The number of hydrogen-bond donors (Lipinski definition) is 2. The van der Waals surface area contributed by atoms with Crippen LogP contribution in [0.3, 0.4) is 0 Å². The molecule has 0 spiro atoms. The molecule has 1 amide bonds. The molecule has 0 aliphatic rings. The van der Waals surface area contributed by atoms with Gasteiger partial charge in [0, 0.05) is 5.69 Å². The summed E-state index contributed by atoms with van der Waals surface area (Å²) in [5, 5.41) is 5.66. The first-order chi connectivity index (χ1) is 7.63. The summed E-state index contributed by atoms with van der Waals surface area (Å²) < 4.78 is 0. The van der Waals surface area contributed by atoms with E-state index in [1.807, 2.05) is 32.0 Å². The van der Waals surface area contributed by atoms with Crippen LogP contribution in [0.2, 0.25) is 0 Å². The van der Waals surface area contributed by atoms with Crippen molar-refractivity contribution in [3.8, 4) is 12.3 Å². The minimum Gasteiger partial charge on any atom is -0.325 e. The molecule has 0 aliphatic heterocycles. The molecular formula is C13H16N2O. The maximum absolute atomic E-state index is 11.5. The van der Waals surface area contributed by atoms with Crippen LogP contribution in [0.1, 0.15) is 11.1 Å². The van der Waals surface area contributed by atoms with Gasteiger partial charge in [0.15, 0.2) is 0 Å².